The summed E-state index contributed by atoms with van der Waals surface area (Å²) in [6.45, 7) is 1.43. The summed E-state index contributed by atoms with van der Waals surface area (Å²) in [6.07, 6.45) is 2.75. The highest BCUT2D eigenvalue weighted by Gasteiger charge is 2.48. The topological polar surface area (TPSA) is 77.5 Å². The Kier molecular flexibility index (Phi) is 16.6. The summed E-state index contributed by atoms with van der Waals surface area (Å²) in [5, 5.41) is 2.25. The highest BCUT2D eigenvalue weighted by molar-refractivity contribution is 7.80. The van der Waals surface area contributed by atoms with E-state index < -0.39 is 23.9 Å². The van der Waals surface area contributed by atoms with Crippen LogP contribution in [0.1, 0.15) is 25.7 Å². The minimum atomic E-state index is -0.929. The normalized spacial score (nSPS) is 19.7. The van der Waals surface area contributed by atoms with Crippen LogP contribution in [0.2, 0.25) is 0 Å². The van der Waals surface area contributed by atoms with Crippen LogP contribution in [0.25, 0.3) is 0 Å². The highest BCUT2D eigenvalue weighted by atomic mass is 32.1. The van der Waals surface area contributed by atoms with Crippen LogP contribution in [-0.4, -0.2) is 96.7 Å². The summed E-state index contributed by atoms with van der Waals surface area (Å²) in [5.41, 5.74) is 0. The van der Waals surface area contributed by atoms with Gasteiger partial charge in [0.2, 0.25) is 0 Å². The maximum atomic E-state index is 13.2. The molecule has 1 fully saturated rings. The van der Waals surface area contributed by atoms with Gasteiger partial charge in [-0.25, -0.2) is 10.1 Å². The van der Waals surface area contributed by atoms with Crippen LogP contribution in [0.4, 0.5) is 0 Å². The third-order valence-electron chi connectivity index (χ3n) is 4.08. The van der Waals surface area contributed by atoms with Crippen LogP contribution in [0.5, 0.6) is 0 Å². The summed E-state index contributed by atoms with van der Waals surface area (Å²) in [4.78, 5) is 37.7. The molecule has 8 nitrogen and oxygen atoms in total. The van der Waals surface area contributed by atoms with Crippen LogP contribution < -0.4 is 0 Å². The molecule has 1 aliphatic heterocycles. The fourth-order valence-corrected chi connectivity index (χ4v) is 3.08. The predicted octanol–water partition coefficient (Wildman–Crippen LogP) is 1.57. The zero-order chi connectivity index (χ0) is 22.2. The maximum Gasteiger partial charge on any atom is 0.274 e. The molecular weight excluding hydrogens is 468 g/mol. The Morgan fingerprint density at radius 1 is 0.600 bits per heavy atom. The lowest BCUT2D eigenvalue weighted by Crippen LogP contribution is -2.66. The highest BCUT2D eigenvalue weighted by Crippen LogP contribution is 2.21. The van der Waals surface area contributed by atoms with Gasteiger partial charge in [-0.1, -0.05) is 0 Å². The Labute approximate surface area is 201 Å². The number of carbonyl (C=O) groups excluding carboxylic acids is 2. The first-order valence-corrected chi connectivity index (χ1v) is 12.7. The van der Waals surface area contributed by atoms with Gasteiger partial charge in [0.15, 0.2) is 12.1 Å². The van der Waals surface area contributed by atoms with Gasteiger partial charge in [0.25, 0.3) is 11.8 Å². The van der Waals surface area contributed by atoms with Crippen molar-refractivity contribution in [3.8, 4) is 0 Å². The molecule has 2 amide bonds. The van der Waals surface area contributed by atoms with E-state index in [1.807, 2.05) is 0 Å². The number of ether oxygens (including phenoxy) is 2. The molecule has 1 heterocycles. The van der Waals surface area contributed by atoms with Gasteiger partial charge in [-0.2, -0.15) is 50.5 Å². The van der Waals surface area contributed by atoms with E-state index in [0.29, 0.717) is 49.1 Å². The van der Waals surface area contributed by atoms with Crippen LogP contribution in [0, 0.1) is 0 Å². The molecule has 0 saturated carbocycles. The zero-order valence-electron chi connectivity index (χ0n) is 17.2. The van der Waals surface area contributed by atoms with Crippen LogP contribution in [0.15, 0.2) is 0 Å². The first-order valence-electron chi connectivity index (χ1n) is 10.1. The van der Waals surface area contributed by atoms with E-state index in [4.69, 9.17) is 19.1 Å². The zero-order valence-corrected chi connectivity index (χ0v) is 20.8. The fraction of sp³-hybridized carbons (Fsp3) is 0.889. The van der Waals surface area contributed by atoms with E-state index in [2.05, 4.69) is 50.5 Å². The predicted molar refractivity (Wildman–Crippen MR) is 129 cm³/mol. The van der Waals surface area contributed by atoms with Gasteiger partial charge in [-0.15, -0.1) is 0 Å². The molecule has 0 radical (unpaired) electrons. The number of thiol groups is 4. The third-order valence-corrected chi connectivity index (χ3v) is 5.35. The Bertz CT molecular complexity index is 450. The number of hydrogen-bond donors (Lipinski definition) is 4. The molecular formula is C18H34N2O6S4. The van der Waals surface area contributed by atoms with E-state index in [9.17, 15) is 9.59 Å². The molecule has 0 aliphatic carbocycles. The lowest BCUT2D eigenvalue weighted by Gasteiger charge is -2.42. The molecule has 0 bridgehead atoms. The van der Waals surface area contributed by atoms with Crippen LogP contribution in [-0.2, 0) is 28.7 Å². The number of rotatable bonds is 18. The van der Waals surface area contributed by atoms with Gasteiger partial charge >= 0.3 is 0 Å². The van der Waals surface area contributed by atoms with Gasteiger partial charge in [-0.05, 0) is 48.7 Å². The minimum Gasteiger partial charge on any atom is -0.379 e. The number of hydroxylamine groups is 4. The molecule has 1 aliphatic rings. The number of hydrogen-bond acceptors (Lipinski definition) is 10. The second kappa shape index (κ2) is 17.7. The molecule has 12 heteroatoms. The summed E-state index contributed by atoms with van der Waals surface area (Å²) in [5.74, 6) is 1.76. The second-order valence-electron chi connectivity index (χ2n) is 6.48. The molecule has 0 aromatic carbocycles. The largest absolute Gasteiger partial charge is 0.379 e. The number of amides is 2. The van der Waals surface area contributed by atoms with Crippen molar-refractivity contribution in [2.45, 2.75) is 37.8 Å². The monoisotopic (exact) mass is 502 g/mol. The standard InChI is InChI=1S/C18H34N2O6S4/c21-17-15(13-23-5-1-9-27)19(25-7-3-11-29)18(22)16(14-24-6-2-10-28)20(17)26-8-4-12-30/h15-16,27-30H,1-14H2/t15-,16+. The smallest absolute Gasteiger partial charge is 0.274 e. The Morgan fingerprint density at radius 2 is 0.933 bits per heavy atom. The minimum absolute atomic E-state index is 0.0128. The lowest BCUT2D eigenvalue weighted by atomic mass is 10.1. The van der Waals surface area contributed by atoms with Crippen molar-refractivity contribution >= 4 is 62.3 Å². The van der Waals surface area contributed by atoms with E-state index in [1.165, 1.54) is 0 Å². The fourth-order valence-electron chi connectivity index (χ4n) is 2.56. The maximum absolute atomic E-state index is 13.2. The van der Waals surface area contributed by atoms with Crippen molar-refractivity contribution in [1.82, 2.24) is 10.1 Å². The molecule has 1 saturated heterocycles. The number of nitrogens with zero attached hydrogens (tertiary/aromatic N) is 2. The average Bonchev–Trinajstić information content (AvgIpc) is 2.74. The molecule has 0 aromatic heterocycles. The van der Waals surface area contributed by atoms with Crippen molar-refractivity contribution in [2.75, 3.05) is 62.7 Å². The van der Waals surface area contributed by atoms with E-state index in [0.717, 1.165) is 23.0 Å². The van der Waals surface area contributed by atoms with Crippen LogP contribution in [0.3, 0.4) is 0 Å². The van der Waals surface area contributed by atoms with Gasteiger partial charge in [0, 0.05) is 13.2 Å². The molecule has 0 unspecified atom stereocenters. The van der Waals surface area contributed by atoms with E-state index in [-0.39, 0.29) is 26.4 Å². The van der Waals surface area contributed by atoms with Gasteiger partial charge in [0.05, 0.1) is 26.4 Å². The third kappa shape index (κ3) is 9.76. The summed E-state index contributed by atoms with van der Waals surface area (Å²) >= 11 is 16.6. The molecule has 176 valence electrons. The van der Waals surface area contributed by atoms with E-state index >= 15 is 0 Å². The van der Waals surface area contributed by atoms with Gasteiger partial charge in [-0.3, -0.25) is 19.3 Å². The van der Waals surface area contributed by atoms with Crippen molar-refractivity contribution in [3.63, 3.8) is 0 Å². The molecule has 30 heavy (non-hydrogen) atoms. The summed E-state index contributed by atoms with van der Waals surface area (Å²) < 4.78 is 11.2. The van der Waals surface area contributed by atoms with Crippen molar-refractivity contribution in [1.29, 1.82) is 0 Å². The Morgan fingerprint density at radius 3 is 1.27 bits per heavy atom. The van der Waals surface area contributed by atoms with Crippen molar-refractivity contribution in [3.05, 3.63) is 0 Å². The first kappa shape index (κ1) is 28.2. The van der Waals surface area contributed by atoms with Gasteiger partial charge < -0.3 is 9.47 Å². The van der Waals surface area contributed by atoms with E-state index in [1.54, 1.807) is 0 Å². The molecule has 0 spiro atoms. The first-order chi connectivity index (χ1) is 14.6. The van der Waals surface area contributed by atoms with Crippen LogP contribution >= 0.6 is 50.5 Å². The Balaban J connectivity index is 2.95. The molecule has 0 N–H and O–H groups in total. The number of carbonyl (C=O) groups is 2. The quantitative estimate of drug-likeness (QED) is 0.168. The summed E-state index contributed by atoms with van der Waals surface area (Å²) in [6, 6.07) is -1.86. The average molecular weight is 503 g/mol. The molecule has 1 rings (SSSR count). The number of piperazine rings is 1. The molecule has 2 atom stereocenters. The second-order valence-corrected chi connectivity index (χ2v) is 8.27. The summed E-state index contributed by atoms with van der Waals surface area (Å²) in [7, 11) is 0. The van der Waals surface area contributed by atoms with Gasteiger partial charge in [0.1, 0.15) is 0 Å². The SMILES string of the molecule is O=C1[C@H](COCCCS)N(OCCCS)C(=O)[C@@H](COCCCS)N1OCCCS. The van der Waals surface area contributed by atoms with Crippen molar-refractivity contribution < 1.29 is 28.7 Å². The Hall–Kier alpha value is 0.180. The lowest BCUT2D eigenvalue weighted by molar-refractivity contribution is -0.262. The molecule has 0 aromatic rings. The van der Waals surface area contributed by atoms with Crippen molar-refractivity contribution in [2.24, 2.45) is 0 Å².